The molecular formula is C10H14N2O. The van der Waals surface area contributed by atoms with Gasteiger partial charge in [0.2, 0.25) is 0 Å². The van der Waals surface area contributed by atoms with Crippen LogP contribution in [0.25, 0.3) is 0 Å². The topological polar surface area (TPSA) is 42.0 Å². The standard InChI is InChI=1S/C10H14N2O/c1-7(2)8-4-5-9(12-6-8)10(13)11-3/h4-7H,1-3H3,(H,11,13)/i3D3. The molecule has 3 heteroatoms. The van der Waals surface area contributed by atoms with Crippen LogP contribution in [-0.2, 0) is 0 Å². The number of hydrogen-bond acceptors (Lipinski definition) is 2. The third-order valence-corrected chi connectivity index (χ3v) is 1.80. The van der Waals surface area contributed by atoms with E-state index in [1.165, 1.54) is 6.07 Å². The van der Waals surface area contributed by atoms with Crippen molar-refractivity contribution >= 4 is 5.91 Å². The minimum absolute atomic E-state index is 0.112. The van der Waals surface area contributed by atoms with E-state index in [2.05, 4.69) is 4.98 Å². The van der Waals surface area contributed by atoms with Crippen LogP contribution in [0.5, 0.6) is 0 Å². The molecule has 1 heterocycles. The first kappa shape index (κ1) is 6.13. The zero-order chi connectivity index (χ0) is 12.3. The molecule has 0 unspecified atom stereocenters. The quantitative estimate of drug-likeness (QED) is 0.752. The highest BCUT2D eigenvalue weighted by molar-refractivity contribution is 5.91. The van der Waals surface area contributed by atoms with E-state index in [1.54, 1.807) is 12.3 Å². The maximum absolute atomic E-state index is 11.4. The fourth-order valence-corrected chi connectivity index (χ4v) is 0.945. The van der Waals surface area contributed by atoms with E-state index in [0.717, 1.165) is 5.56 Å². The Bertz CT molecular complexity index is 371. The van der Waals surface area contributed by atoms with Crippen LogP contribution in [0.1, 0.15) is 39.9 Å². The summed E-state index contributed by atoms with van der Waals surface area (Å²) in [7, 11) is 0. The molecule has 1 aromatic heterocycles. The summed E-state index contributed by atoms with van der Waals surface area (Å²) in [5, 5.41) is 1.88. The summed E-state index contributed by atoms with van der Waals surface area (Å²) in [5.41, 5.74) is 1.12. The van der Waals surface area contributed by atoms with E-state index < -0.39 is 12.9 Å². The molecule has 1 N–H and O–H groups in total. The zero-order valence-corrected chi connectivity index (χ0v) is 7.66. The molecular weight excluding hydrogens is 164 g/mol. The average Bonchev–Trinajstić information content (AvgIpc) is 2.15. The molecule has 0 bridgehead atoms. The summed E-state index contributed by atoms with van der Waals surface area (Å²) >= 11 is 0. The van der Waals surface area contributed by atoms with Gasteiger partial charge in [0.1, 0.15) is 5.69 Å². The first-order valence-electron chi connectivity index (χ1n) is 5.58. The summed E-state index contributed by atoms with van der Waals surface area (Å²) in [6.07, 6.45) is 1.58. The minimum Gasteiger partial charge on any atom is -0.354 e. The van der Waals surface area contributed by atoms with Gasteiger partial charge >= 0.3 is 0 Å². The van der Waals surface area contributed by atoms with Crippen LogP contribution in [0.2, 0.25) is 0 Å². The summed E-state index contributed by atoms with van der Waals surface area (Å²) in [6.45, 7) is 1.55. The largest absolute Gasteiger partial charge is 0.354 e. The van der Waals surface area contributed by atoms with Gasteiger partial charge in [0.05, 0.1) is 0 Å². The lowest BCUT2D eigenvalue weighted by Crippen LogP contribution is -2.19. The van der Waals surface area contributed by atoms with Crippen LogP contribution >= 0.6 is 0 Å². The molecule has 0 aromatic carbocycles. The normalized spacial score (nSPS) is 14.5. The highest BCUT2D eigenvalue weighted by atomic mass is 16.1. The Labute approximate surface area is 82.4 Å². The fraction of sp³-hybridized carbons (Fsp3) is 0.400. The smallest absolute Gasteiger partial charge is 0.269 e. The molecule has 0 aliphatic carbocycles. The molecule has 0 atom stereocenters. The van der Waals surface area contributed by atoms with Crippen LogP contribution in [0.4, 0.5) is 0 Å². The minimum atomic E-state index is -2.48. The monoisotopic (exact) mass is 181 g/mol. The summed E-state index contributed by atoms with van der Waals surface area (Å²) in [5.74, 6) is -0.359. The Hall–Kier alpha value is -1.38. The lowest BCUT2D eigenvalue weighted by atomic mass is 10.1. The predicted molar refractivity (Wildman–Crippen MR) is 51.7 cm³/mol. The number of aromatic nitrogens is 1. The molecule has 1 rings (SSSR count). The number of carbonyl (C=O) groups is 1. The molecule has 3 nitrogen and oxygen atoms in total. The Morgan fingerprint density at radius 3 is 2.85 bits per heavy atom. The second-order valence-corrected chi connectivity index (χ2v) is 3.09. The molecule has 70 valence electrons. The van der Waals surface area contributed by atoms with Crippen molar-refractivity contribution in [2.24, 2.45) is 0 Å². The second kappa shape index (κ2) is 4.03. The van der Waals surface area contributed by atoms with Crippen molar-refractivity contribution in [2.45, 2.75) is 19.8 Å². The van der Waals surface area contributed by atoms with Crippen molar-refractivity contribution in [3.05, 3.63) is 29.6 Å². The molecule has 1 aromatic rings. The Kier molecular flexibility index (Phi) is 1.90. The van der Waals surface area contributed by atoms with Crippen LogP contribution in [-0.4, -0.2) is 17.9 Å². The first-order valence-corrected chi connectivity index (χ1v) is 4.08. The summed E-state index contributed by atoms with van der Waals surface area (Å²) in [4.78, 5) is 15.3. The van der Waals surface area contributed by atoms with Crippen LogP contribution in [0.15, 0.2) is 18.3 Å². The molecule has 0 aliphatic heterocycles. The maximum atomic E-state index is 11.4. The zero-order valence-electron chi connectivity index (χ0n) is 10.7. The molecule has 13 heavy (non-hydrogen) atoms. The van der Waals surface area contributed by atoms with Crippen molar-refractivity contribution in [2.75, 3.05) is 6.98 Å². The van der Waals surface area contributed by atoms with Crippen LogP contribution in [0.3, 0.4) is 0 Å². The van der Waals surface area contributed by atoms with Crippen molar-refractivity contribution in [1.29, 1.82) is 0 Å². The number of rotatable bonds is 2. The van der Waals surface area contributed by atoms with Crippen molar-refractivity contribution in [1.82, 2.24) is 10.3 Å². The van der Waals surface area contributed by atoms with Crippen molar-refractivity contribution < 1.29 is 8.91 Å². The number of amides is 1. The molecule has 0 aliphatic rings. The van der Waals surface area contributed by atoms with E-state index in [0.29, 0.717) is 5.92 Å². The number of nitrogens with zero attached hydrogens (tertiary/aromatic N) is 1. The highest BCUT2D eigenvalue weighted by Crippen LogP contribution is 2.12. The highest BCUT2D eigenvalue weighted by Gasteiger charge is 2.04. The molecule has 0 fully saturated rings. The van der Waals surface area contributed by atoms with Gasteiger partial charge in [0.15, 0.2) is 0 Å². The molecule has 0 saturated heterocycles. The van der Waals surface area contributed by atoms with Gasteiger partial charge in [-0.25, -0.2) is 0 Å². The first-order chi connectivity index (χ1) is 7.29. The number of carbonyl (C=O) groups excluding carboxylic acids is 1. The molecule has 0 radical (unpaired) electrons. The SMILES string of the molecule is [2H]C([2H])([2H])NC(=O)c1ccc(C(C)C)cn1. The Morgan fingerprint density at radius 1 is 1.62 bits per heavy atom. The number of hydrogen-bond donors (Lipinski definition) is 1. The lowest BCUT2D eigenvalue weighted by molar-refractivity contribution is 0.0958. The average molecular weight is 181 g/mol. The predicted octanol–water partition coefficient (Wildman–Crippen LogP) is 1.56. The molecule has 0 spiro atoms. The summed E-state index contributed by atoms with van der Waals surface area (Å²) in [6, 6.07) is 3.29. The van der Waals surface area contributed by atoms with Gasteiger partial charge < -0.3 is 5.32 Å². The van der Waals surface area contributed by atoms with Gasteiger partial charge in [0, 0.05) is 17.3 Å². The summed E-state index contributed by atoms with van der Waals surface area (Å²) < 4.78 is 20.7. The number of pyridine rings is 1. The van der Waals surface area contributed by atoms with Gasteiger partial charge in [-0.05, 0) is 17.5 Å². The van der Waals surface area contributed by atoms with Gasteiger partial charge in [-0.2, -0.15) is 0 Å². The van der Waals surface area contributed by atoms with Gasteiger partial charge in [-0.1, -0.05) is 19.9 Å². The van der Waals surface area contributed by atoms with Gasteiger partial charge in [-0.15, -0.1) is 0 Å². The Morgan fingerprint density at radius 2 is 2.38 bits per heavy atom. The van der Waals surface area contributed by atoms with E-state index in [4.69, 9.17) is 4.11 Å². The maximum Gasteiger partial charge on any atom is 0.269 e. The van der Waals surface area contributed by atoms with E-state index in [1.807, 2.05) is 19.2 Å². The van der Waals surface area contributed by atoms with Gasteiger partial charge in [0.25, 0.3) is 5.91 Å². The van der Waals surface area contributed by atoms with Gasteiger partial charge in [-0.3, -0.25) is 9.78 Å². The van der Waals surface area contributed by atoms with E-state index in [9.17, 15) is 4.79 Å². The Balaban J connectivity index is 2.78. The third-order valence-electron chi connectivity index (χ3n) is 1.80. The van der Waals surface area contributed by atoms with Crippen molar-refractivity contribution in [3.8, 4) is 0 Å². The fourth-order valence-electron chi connectivity index (χ4n) is 0.945. The third kappa shape index (κ3) is 2.28. The van der Waals surface area contributed by atoms with E-state index >= 15 is 0 Å². The molecule has 0 saturated carbocycles. The number of nitrogens with one attached hydrogen (secondary N) is 1. The molecule has 1 amide bonds. The van der Waals surface area contributed by atoms with Crippen LogP contribution in [0, 0.1) is 0 Å². The van der Waals surface area contributed by atoms with Crippen molar-refractivity contribution in [3.63, 3.8) is 0 Å². The van der Waals surface area contributed by atoms with Crippen LogP contribution < -0.4 is 5.32 Å². The lowest BCUT2D eigenvalue weighted by Gasteiger charge is -2.04. The van der Waals surface area contributed by atoms with E-state index in [-0.39, 0.29) is 5.69 Å². The second-order valence-electron chi connectivity index (χ2n) is 3.09.